The van der Waals surface area contributed by atoms with Gasteiger partial charge in [-0.3, -0.25) is 0 Å². The number of hydrogen-bond acceptors (Lipinski definition) is 5. The molecule has 0 aliphatic carbocycles. The molecule has 5 nitrogen and oxygen atoms in total. The number of fused-ring (bicyclic) bond motifs is 3. The van der Waals surface area contributed by atoms with Gasteiger partial charge in [0.25, 0.3) is 0 Å². The van der Waals surface area contributed by atoms with E-state index < -0.39 is 0 Å². The van der Waals surface area contributed by atoms with E-state index in [1.165, 1.54) is 5.56 Å². The van der Waals surface area contributed by atoms with E-state index in [4.69, 9.17) is 14.5 Å². The molecule has 1 aromatic heterocycles. The molecule has 25 heavy (non-hydrogen) atoms. The van der Waals surface area contributed by atoms with Crippen molar-refractivity contribution < 1.29 is 14.6 Å². The second-order valence-electron chi connectivity index (χ2n) is 6.17. The molecule has 4 rings (SSSR count). The summed E-state index contributed by atoms with van der Waals surface area (Å²) in [5, 5.41) is 10.9. The van der Waals surface area contributed by atoms with Gasteiger partial charge >= 0.3 is 0 Å². The van der Waals surface area contributed by atoms with Crippen molar-refractivity contribution in [3.63, 3.8) is 0 Å². The highest BCUT2D eigenvalue weighted by Crippen LogP contribution is 2.44. The van der Waals surface area contributed by atoms with Gasteiger partial charge in [0.15, 0.2) is 0 Å². The van der Waals surface area contributed by atoms with Gasteiger partial charge in [0, 0.05) is 35.4 Å². The van der Waals surface area contributed by atoms with Crippen LogP contribution in [0.15, 0.2) is 36.4 Å². The molecule has 0 atom stereocenters. The number of hydrogen-bond donors (Lipinski definition) is 1. The molecule has 0 bridgehead atoms. The molecule has 128 valence electrons. The number of ether oxygens (including phenoxy) is 2. The van der Waals surface area contributed by atoms with E-state index in [0.717, 1.165) is 46.7 Å². The quantitative estimate of drug-likeness (QED) is 0.784. The second kappa shape index (κ2) is 5.84. The van der Waals surface area contributed by atoms with Crippen molar-refractivity contribution in [2.75, 3.05) is 25.7 Å². The summed E-state index contributed by atoms with van der Waals surface area (Å²) < 4.78 is 11.0. The van der Waals surface area contributed by atoms with E-state index in [1.807, 2.05) is 31.2 Å². The zero-order chi connectivity index (χ0) is 17.6. The van der Waals surface area contributed by atoms with Gasteiger partial charge < -0.3 is 19.5 Å². The van der Waals surface area contributed by atoms with Crippen LogP contribution in [0.5, 0.6) is 17.2 Å². The number of nitrogens with zero attached hydrogens (tertiary/aromatic N) is 2. The average molecular weight is 336 g/mol. The minimum atomic E-state index is 0.260. The van der Waals surface area contributed by atoms with Crippen LogP contribution in [0.2, 0.25) is 0 Å². The summed E-state index contributed by atoms with van der Waals surface area (Å²) in [6.45, 7) is 2.88. The molecule has 5 heteroatoms. The van der Waals surface area contributed by atoms with Crippen LogP contribution in [0.3, 0.4) is 0 Å². The molecule has 0 saturated heterocycles. The number of aromatic hydroxyl groups is 1. The van der Waals surface area contributed by atoms with Crippen molar-refractivity contribution in [3.05, 3.63) is 47.7 Å². The molecule has 0 amide bonds. The first-order valence-electron chi connectivity index (χ1n) is 8.24. The normalized spacial score (nSPS) is 13.2. The van der Waals surface area contributed by atoms with Crippen LogP contribution >= 0.6 is 0 Å². The fourth-order valence-electron chi connectivity index (χ4n) is 3.58. The van der Waals surface area contributed by atoms with E-state index in [1.54, 1.807) is 26.4 Å². The molecule has 1 aliphatic rings. The van der Waals surface area contributed by atoms with Crippen LogP contribution in [0.4, 0.5) is 11.4 Å². The number of aromatic nitrogens is 1. The SMILES string of the molecule is COc1cc(OC)c2nc(C)c3c(c2c1)N(c1cccc(O)c1)CC3. The first-order valence-corrected chi connectivity index (χ1v) is 8.24. The number of anilines is 2. The van der Waals surface area contributed by atoms with Gasteiger partial charge in [0.1, 0.15) is 22.8 Å². The number of aryl methyl sites for hydroxylation is 1. The van der Waals surface area contributed by atoms with E-state index in [9.17, 15) is 5.11 Å². The van der Waals surface area contributed by atoms with Crippen molar-refractivity contribution >= 4 is 22.3 Å². The summed E-state index contributed by atoms with van der Waals surface area (Å²) in [4.78, 5) is 7.01. The Balaban J connectivity index is 2.02. The number of rotatable bonds is 3. The van der Waals surface area contributed by atoms with E-state index in [0.29, 0.717) is 5.75 Å². The maximum atomic E-state index is 9.87. The summed E-state index contributed by atoms with van der Waals surface area (Å²) in [6.07, 6.45) is 0.916. The lowest BCUT2D eigenvalue weighted by Crippen LogP contribution is -2.13. The lowest BCUT2D eigenvalue weighted by Gasteiger charge is -2.22. The van der Waals surface area contributed by atoms with Gasteiger partial charge in [0.2, 0.25) is 0 Å². The summed E-state index contributed by atoms with van der Waals surface area (Å²) in [5.74, 6) is 1.69. The van der Waals surface area contributed by atoms with Crippen molar-refractivity contribution in [2.24, 2.45) is 0 Å². The van der Waals surface area contributed by atoms with Gasteiger partial charge in [-0.15, -0.1) is 0 Å². The molecule has 0 unspecified atom stereocenters. The topological polar surface area (TPSA) is 54.8 Å². The minimum Gasteiger partial charge on any atom is -0.508 e. The Labute approximate surface area is 146 Å². The van der Waals surface area contributed by atoms with Crippen molar-refractivity contribution in [3.8, 4) is 17.2 Å². The van der Waals surface area contributed by atoms with E-state index in [-0.39, 0.29) is 5.75 Å². The second-order valence-corrected chi connectivity index (χ2v) is 6.17. The number of phenolic OH excluding ortho intramolecular Hbond substituents is 1. The standard InChI is InChI=1S/C20H20N2O3/c1-12-16-7-8-22(13-5-4-6-14(23)9-13)20(16)17-10-15(24-2)11-18(25-3)19(17)21-12/h4-6,9-11,23H,7-8H2,1-3H3. The fourth-order valence-corrected chi connectivity index (χ4v) is 3.58. The Kier molecular flexibility index (Phi) is 3.64. The number of phenols is 1. The predicted octanol–water partition coefficient (Wildman–Crippen LogP) is 3.96. The molecule has 0 radical (unpaired) electrons. The Morgan fingerprint density at radius 3 is 2.68 bits per heavy atom. The molecule has 2 heterocycles. The smallest absolute Gasteiger partial charge is 0.148 e. The van der Waals surface area contributed by atoms with E-state index in [2.05, 4.69) is 4.90 Å². The Morgan fingerprint density at radius 1 is 1.12 bits per heavy atom. The predicted molar refractivity (Wildman–Crippen MR) is 98.4 cm³/mol. The Bertz CT molecular complexity index is 969. The number of pyridine rings is 1. The van der Waals surface area contributed by atoms with Crippen molar-refractivity contribution in [1.82, 2.24) is 4.98 Å². The third-order valence-electron chi connectivity index (χ3n) is 4.76. The third kappa shape index (κ3) is 2.43. The highest BCUT2D eigenvalue weighted by atomic mass is 16.5. The van der Waals surface area contributed by atoms with Crippen LogP contribution in [0.1, 0.15) is 11.3 Å². The fraction of sp³-hybridized carbons (Fsp3) is 0.250. The molecule has 2 aromatic carbocycles. The lowest BCUT2D eigenvalue weighted by atomic mass is 10.1. The van der Waals surface area contributed by atoms with Gasteiger partial charge in [-0.1, -0.05) is 6.07 Å². The van der Waals surface area contributed by atoms with Gasteiger partial charge in [-0.2, -0.15) is 0 Å². The molecule has 3 aromatic rings. The monoisotopic (exact) mass is 336 g/mol. The van der Waals surface area contributed by atoms with Gasteiger partial charge in [0.05, 0.1) is 19.9 Å². The summed E-state index contributed by atoms with van der Waals surface area (Å²) in [7, 11) is 3.29. The van der Waals surface area contributed by atoms with Crippen molar-refractivity contribution in [2.45, 2.75) is 13.3 Å². The van der Waals surface area contributed by atoms with Gasteiger partial charge in [-0.05, 0) is 37.1 Å². The molecular formula is C20H20N2O3. The molecule has 0 spiro atoms. The highest BCUT2D eigenvalue weighted by Gasteiger charge is 2.27. The maximum Gasteiger partial charge on any atom is 0.148 e. The first kappa shape index (κ1) is 15.6. The minimum absolute atomic E-state index is 0.260. The maximum absolute atomic E-state index is 9.87. The number of benzene rings is 2. The van der Waals surface area contributed by atoms with Crippen LogP contribution in [-0.4, -0.2) is 30.9 Å². The van der Waals surface area contributed by atoms with Crippen LogP contribution in [0, 0.1) is 6.92 Å². The first-order chi connectivity index (χ1) is 12.1. The van der Waals surface area contributed by atoms with E-state index >= 15 is 0 Å². The largest absolute Gasteiger partial charge is 0.508 e. The third-order valence-corrected chi connectivity index (χ3v) is 4.76. The summed E-state index contributed by atoms with van der Waals surface area (Å²) >= 11 is 0. The molecule has 0 fully saturated rings. The Morgan fingerprint density at radius 2 is 1.96 bits per heavy atom. The zero-order valence-electron chi connectivity index (χ0n) is 14.5. The molecule has 0 saturated carbocycles. The molecule has 1 N–H and O–H groups in total. The number of methoxy groups -OCH3 is 2. The average Bonchev–Trinajstić information content (AvgIpc) is 3.07. The summed E-state index contributed by atoms with van der Waals surface area (Å²) in [6, 6.07) is 11.2. The van der Waals surface area contributed by atoms with Gasteiger partial charge in [-0.25, -0.2) is 4.98 Å². The van der Waals surface area contributed by atoms with Crippen molar-refractivity contribution in [1.29, 1.82) is 0 Å². The summed E-state index contributed by atoms with van der Waals surface area (Å²) in [5.41, 5.74) is 5.14. The van der Waals surface area contributed by atoms with Crippen LogP contribution in [-0.2, 0) is 6.42 Å². The molecular weight excluding hydrogens is 316 g/mol. The molecule has 1 aliphatic heterocycles. The lowest BCUT2D eigenvalue weighted by molar-refractivity contribution is 0.397. The zero-order valence-corrected chi connectivity index (χ0v) is 14.5. The highest BCUT2D eigenvalue weighted by molar-refractivity contribution is 6.01. The van der Waals surface area contributed by atoms with Crippen LogP contribution < -0.4 is 14.4 Å². The van der Waals surface area contributed by atoms with Crippen LogP contribution in [0.25, 0.3) is 10.9 Å². The Hall–Kier alpha value is -2.95.